The van der Waals surface area contributed by atoms with Crippen molar-refractivity contribution in [1.82, 2.24) is 5.32 Å². The molecule has 144 valence electrons. The number of thiocarbonyl (C=S) groups is 1. The molecule has 0 bridgehead atoms. The van der Waals surface area contributed by atoms with E-state index >= 15 is 0 Å². The summed E-state index contributed by atoms with van der Waals surface area (Å²) in [4.78, 5) is 1.47. The molecule has 3 rings (SSSR count). The molecule has 0 radical (unpaired) electrons. The largest absolute Gasteiger partial charge is 0.370 e. The van der Waals surface area contributed by atoms with Crippen LogP contribution in [0.5, 0.6) is 0 Å². The zero-order valence-corrected chi connectivity index (χ0v) is 16.7. The van der Waals surface area contributed by atoms with Crippen LogP contribution in [0.25, 0.3) is 0 Å². The summed E-state index contributed by atoms with van der Waals surface area (Å²) in [6.07, 6.45) is 0. The number of halogens is 2. The van der Waals surface area contributed by atoms with Crippen molar-refractivity contribution < 1.29 is 14.0 Å². The van der Waals surface area contributed by atoms with Crippen molar-refractivity contribution in [3.63, 3.8) is 0 Å². The highest BCUT2D eigenvalue weighted by Gasteiger charge is 2.31. The van der Waals surface area contributed by atoms with Crippen molar-refractivity contribution in [3.8, 4) is 0 Å². The number of hydrogen-bond donors (Lipinski definition) is 3. The molecule has 0 saturated carbocycles. The number of anilines is 1. The fourth-order valence-corrected chi connectivity index (χ4v) is 4.00. The second kappa shape index (κ2) is 9.46. The van der Waals surface area contributed by atoms with Crippen LogP contribution in [0, 0.1) is 5.82 Å². The van der Waals surface area contributed by atoms with Gasteiger partial charge in [-0.3, -0.25) is 0 Å². The number of morpholine rings is 1. The Kier molecular flexibility index (Phi) is 7.01. The number of hydrogen-bond acceptors (Lipinski definition) is 2. The third-order valence-electron chi connectivity index (χ3n) is 4.77. The zero-order chi connectivity index (χ0) is 19.2. The quantitative estimate of drug-likeness (QED) is 0.665. The Bertz CT molecular complexity index is 771. The van der Waals surface area contributed by atoms with E-state index in [-0.39, 0.29) is 17.1 Å². The second-order valence-electron chi connectivity index (χ2n) is 6.68. The fraction of sp³-hybridized carbons (Fsp3) is 0.350. The van der Waals surface area contributed by atoms with E-state index in [0.29, 0.717) is 10.8 Å². The predicted molar refractivity (Wildman–Crippen MR) is 111 cm³/mol. The summed E-state index contributed by atoms with van der Waals surface area (Å²) in [6.45, 7) is 5.58. The topological polar surface area (TPSA) is 37.7 Å². The highest BCUT2D eigenvalue weighted by molar-refractivity contribution is 7.80. The van der Waals surface area contributed by atoms with Crippen molar-refractivity contribution in [2.75, 3.05) is 31.6 Å². The van der Waals surface area contributed by atoms with Crippen LogP contribution >= 0.6 is 23.8 Å². The average Bonchev–Trinajstić information content (AvgIpc) is 2.66. The molecule has 1 aliphatic rings. The monoisotopic (exact) mass is 408 g/mol. The molecule has 2 atom stereocenters. The Labute approximate surface area is 169 Å². The van der Waals surface area contributed by atoms with Gasteiger partial charge in [0.05, 0.1) is 24.3 Å². The first-order valence-electron chi connectivity index (χ1n) is 9.04. The molecule has 27 heavy (non-hydrogen) atoms. The fourth-order valence-electron chi connectivity index (χ4n) is 3.51. The maximum Gasteiger partial charge on any atom is 0.171 e. The molecular weight excluding hydrogens is 385 g/mol. The lowest BCUT2D eigenvalue weighted by atomic mass is 9.98. The van der Waals surface area contributed by atoms with Gasteiger partial charge < -0.3 is 20.3 Å². The molecule has 0 amide bonds. The Morgan fingerprint density at radius 3 is 2.56 bits per heavy atom. The lowest BCUT2D eigenvalue weighted by Gasteiger charge is -2.35. The lowest BCUT2D eigenvalue weighted by molar-refractivity contribution is -0.940. The van der Waals surface area contributed by atoms with E-state index in [4.69, 9.17) is 28.6 Å². The van der Waals surface area contributed by atoms with Crippen LogP contribution in [-0.2, 0) is 4.74 Å². The Balaban J connectivity index is 1.70. The minimum absolute atomic E-state index is 0.0655. The summed E-state index contributed by atoms with van der Waals surface area (Å²) >= 11 is 11.3. The molecule has 7 heteroatoms. The van der Waals surface area contributed by atoms with Crippen molar-refractivity contribution in [3.05, 3.63) is 64.9 Å². The first-order valence-corrected chi connectivity index (χ1v) is 9.83. The smallest absolute Gasteiger partial charge is 0.171 e. The van der Waals surface area contributed by atoms with Gasteiger partial charge in [-0.15, -0.1) is 0 Å². The molecule has 1 heterocycles. The van der Waals surface area contributed by atoms with Gasteiger partial charge in [0.25, 0.3) is 0 Å². The molecule has 1 saturated heterocycles. The Hall–Kier alpha value is -1.73. The van der Waals surface area contributed by atoms with Gasteiger partial charge in [-0.1, -0.05) is 41.9 Å². The summed E-state index contributed by atoms with van der Waals surface area (Å²) in [5.74, 6) is -0.450. The molecule has 0 spiro atoms. The van der Waals surface area contributed by atoms with Crippen LogP contribution < -0.4 is 15.5 Å². The van der Waals surface area contributed by atoms with E-state index in [1.165, 1.54) is 22.6 Å². The maximum atomic E-state index is 13.3. The van der Waals surface area contributed by atoms with Gasteiger partial charge in [0.2, 0.25) is 0 Å². The first kappa shape index (κ1) is 20.0. The normalized spacial score (nSPS) is 17.1. The van der Waals surface area contributed by atoms with E-state index in [2.05, 4.69) is 41.8 Å². The lowest BCUT2D eigenvalue weighted by Crippen LogP contribution is -3.15. The molecular formula is C20H24ClFN3OS+. The Morgan fingerprint density at radius 1 is 1.19 bits per heavy atom. The van der Waals surface area contributed by atoms with Crippen molar-refractivity contribution in [2.24, 2.45) is 0 Å². The van der Waals surface area contributed by atoms with E-state index in [1.807, 2.05) is 6.07 Å². The highest BCUT2D eigenvalue weighted by atomic mass is 35.5. The molecule has 2 aromatic carbocycles. The highest BCUT2D eigenvalue weighted by Crippen LogP contribution is 2.19. The molecule has 0 aliphatic carbocycles. The van der Waals surface area contributed by atoms with Gasteiger partial charge in [0.15, 0.2) is 5.11 Å². The van der Waals surface area contributed by atoms with E-state index in [9.17, 15) is 4.39 Å². The summed E-state index contributed by atoms with van der Waals surface area (Å²) in [5, 5.41) is 7.02. The van der Waals surface area contributed by atoms with Gasteiger partial charge in [0.1, 0.15) is 24.9 Å². The summed E-state index contributed by atoms with van der Waals surface area (Å²) in [6, 6.07) is 15.3. The van der Waals surface area contributed by atoms with Crippen LogP contribution in [0.1, 0.15) is 18.5 Å². The van der Waals surface area contributed by atoms with E-state index in [0.717, 1.165) is 26.3 Å². The van der Waals surface area contributed by atoms with Gasteiger partial charge in [-0.2, -0.15) is 0 Å². The van der Waals surface area contributed by atoms with E-state index in [1.54, 1.807) is 6.07 Å². The molecule has 0 unspecified atom stereocenters. The number of quaternary nitrogens is 1. The van der Waals surface area contributed by atoms with Gasteiger partial charge in [-0.05, 0) is 37.3 Å². The number of benzene rings is 2. The number of ether oxygens (including phenoxy) is 1. The molecule has 4 nitrogen and oxygen atoms in total. The molecule has 0 aromatic heterocycles. The third kappa shape index (κ3) is 5.39. The Morgan fingerprint density at radius 2 is 1.89 bits per heavy atom. The first-order chi connectivity index (χ1) is 13.0. The SMILES string of the molecule is C[C@@H](NC(=S)Nc1ccc(F)c(Cl)c1)[C@H](c1ccccc1)[NH+]1CCOCC1. The van der Waals surface area contributed by atoms with Gasteiger partial charge in [-0.25, -0.2) is 4.39 Å². The van der Waals surface area contributed by atoms with Gasteiger partial charge in [0, 0.05) is 11.3 Å². The van der Waals surface area contributed by atoms with Crippen LogP contribution in [0.2, 0.25) is 5.02 Å². The maximum absolute atomic E-state index is 13.3. The second-order valence-corrected chi connectivity index (χ2v) is 7.49. The molecule has 1 fully saturated rings. The van der Waals surface area contributed by atoms with Crippen LogP contribution in [0.15, 0.2) is 48.5 Å². The predicted octanol–water partition coefficient (Wildman–Crippen LogP) is 2.81. The van der Waals surface area contributed by atoms with Crippen LogP contribution in [0.4, 0.5) is 10.1 Å². The van der Waals surface area contributed by atoms with Crippen LogP contribution in [-0.4, -0.2) is 37.5 Å². The van der Waals surface area contributed by atoms with Crippen molar-refractivity contribution >= 4 is 34.6 Å². The zero-order valence-electron chi connectivity index (χ0n) is 15.2. The minimum Gasteiger partial charge on any atom is -0.370 e. The standard InChI is InChI=1S/C20H23ClFN3OS/c1-14(23-20(27)24-16-7-8-18(22)17(21)13-16)19(15-5-3-2-4-6-15)25-9-11-26-12-10-25/h2-8,13-14,19H,9-12H2,1H3,(H2,23,24,27)/p+1/t14-,19-/m1/s1. The molecule has 3 N–H and O–H groups in total. The van der Waals surface area contributed by atoms with Gasteiger partial charge >= 0.3 is 0 Å². The average molecular weight is 409 g/mol. The summed E-state index contributed by atoms with van der Waals surface area (Å²) in [5.41, 5.74) is 1.92. The number of nitrogens with one attached hydrogen (secondary N) is 3. The van der Waals surface area contributed by atoms with E-state index < -0.39 is 5.82 Å². The molecule has 1 aliphatic heterocycles. The number of rotatable bonds is 5. The van der Waals surface area contributed by atoms with Crippen LogP contribution in [0.3, 0.4) is 0 Å². The van der Waals surface area contributed by atoms with Crippen molar-refractivity contribution in [2.45, 2.75) is 19.0 Å². The summed E-state index contributed by atoms with van der Waals surface area (Å²) < 4.78 is 18.8. The third-order valence-corrected chi connectivity index (χ3v) is 5.28. The van der Waals surface area contributed by atoms with Crippen molar-refractivity contribution in [1.29, 1.82) is 0 Å². The summed E-state index contributed by atoms with van der Waals surface area (Å²) in [7, 11) is 0. The minimum atomic E-state index is -0.450. The molecule has 2 aromatic rings.